The van der Waals surface area contributed by atoms with Crippen molar-refractivity contribution >= 4 is 0 Å². The lowest BCUT2D eigenvalue weighted by molar-refractivity contribution is -0.391. The molecule has 1 unspecified atom stereocenters. The SMILES string of the molecule is CC1CC[C@@]2(OC1)O[C@H]1C[C@H]3[C@@H]4CC[C@@H]5C[C@@H](O[C@@H]6O[C@H](CO)[C@H](O[C@@H]7O[C@H](CO)[C@@H](O)[C@H](O)[C@H]7O[C@@H]7O[C@H](CO)[C@@H](O)[C@H](O)[C@H]7O)[C@H](O)[C@H]6O)[C@@H](O)C[C@]5(C)[C@H]4CC[C@]3(C)[C@H]1[C@@H]2C. The van der Waals surface area contributed by atoms with Gasteiger partial charge in [-0.2, -0.15) is 0 Å². The van der Waals surface area contributed by atoms with Gasteiger partial charge in [0.2, 0.25) is 0 Å². The zero-order chi connectivity index (χ0) is 45.8. The van der Waals surface area contributed by atoms with Crippen LogP contribution in [0.25, 0.3) is 0 Å². The Morgan fingerprint density at radius 1 is 0.578 bits per heavy atom. The van der Waals surface area contributed by atoms with Crippen molar-refractivity contribution in [2.24, 2.45) is 52.3 Å². The molecule has 5 heterocycles. The van der Waals surface area contributed by atoms with E-state index in [1.165, 1.54) is 0 Å². The van der Waals surface area contributed by atoms with Crippen LogP contribution in [0.4, 0.5) is 0 Å². The van der Waals surface area contributed by atoms with E-state index >= 15 is 0 Å². The number of aliphatic hydroxyl groups excluding tert-OH is 11. The molecule has 368 valence electrons. The first-order chi connectivity index (χ1) is 30.4. The lowest BCUT2D eigenvalue weighted by Crippen LogP contribution is -2.67. The van der Waals surface area contributed by atoms with E-state index in [1.54, 1.807) is 0 Å². The zero-order valence-corrected chi connectivity index (χ0v) is 37.3. The van der Waals surface area contributed by atoms with Crippen LogP contribution in [-0.2, 0) is 37.9 Å². The van der Waals surface area contributed by atoms with E-state index in [9.17, 15) is 56.2 Å². The molecule has 5 saturated heterocycles. The molecule has 0 aromatic heterocycles. The molecule has 5 aliphatic heterocycles. The summed E-state index contributed by atoms with van der Waals surface area (Å²) in [5, 5.41) is 118. The first kappa shape index (κ1) is 48.3. The summed E-state index contributed by atoms with van der Waals surface area (Å²) in [4.78, 5) is 0. The number of hydrogen-bond acceptors (Lipinski definition) is 19. The quantitative estimate of drug-likeness (QED) is 0.114. The fraction of sp³-hybridized carbons (Fsp3) is 1.00. The second-order valence-corrected chi connectivity index (χ2v) is 21.7. The minimum absolute atomic E-state index is 0.144. The van der Waals surface area contributed by atoms with Crippen molar-refractivity contribution in [1.29, 1.82) is 0 Å². The van der Waals surface area contributed by atoms with Crippen molar-refractivity contribution in [2.45, 2.75) is 202 Å². The maximum Gasteiger partial charge on any atom is 0.187 e. The van der Waals surface area contributed by atoms with E-state index in [0.717, 1.165) is 51.6 Å². The maximum absolute atomic E-state index is 11.8. The monoisotopic (exact) mass is 918 g/mol. The highest BCUT2D eigenvalue weighted by Gasteiger charge is 2.69. The minimum atomic E-state index is -1.91. The number of fused-ring (bicyclic) bond motifs is 7. The van der Waals surface area contributed by atoms with Crippen LogP contribution in [-0.4, -0.2) is 199 Å². The number of hydrogen-bond donors (Lipinski definition) is 11. The Morgan fingerprint density at radius 3 is 1.86 bits per heavy atom. The summed E-state index contributed by atoms with van der Waals surface area (Å²) < 4.78 is 48.7. The fourth-order valence-corrected chi connectivity index (χ4v) is 14.7. The molecule has 0 amide bonds. The number of aliphatic hydroxyl groups is 11. The van der Waals surface area contributed by atoms with Gasteiger partial charge in [0.1, 0.15) is 73.2 Å². The lowest BCUT2D eigenvalue weighted by Gasteiger charge is -2.62. The molecular weight excluding hydrogens is 844 g/mol. The molecule has 9 rings (SSSR count). The highest BCUT2D eigenvalue weighted by Crippen LogP contribution is 2.71. The van der Waals surface area contributed by atoms with Crippen molar-refractivity contribution in [3.05, 3.63) is 0 Å². The average molecular weight is 919 g/mol. The highest BCUT2D eigenvalue weighted by atomic mass is 16.8. The van der Waals surface area contributed by atoms with Crippen LogP contribution in [0.5, 0.6) is 0 Å². The summed E-state index contributed by atoms with van der Waals surface area (Å²) in [5.74, 6) is 2.57. The predicted molar refractivity (Wildman–Crippen MR) is 217 cm³/mol. The summed E-state index contributed by atoms with van der Waals surface area (Å²) in [6, 6.07) is 0. The zero-order valence-electron chi connectivity index (χ0n) is 37.3. The van der Waals surface area contributed by atoms with Gasteiger partial charge in [0.25, 0.3) is 0 Å². The molecule has 19 heteroatoms. The van der Waals surface area contributed by atoms with E-state index in [1.807, 2.05) is 0 Å². The summed E-state index contributed by atoms with van der Waals surface area (Å²) >= 11 is 0. The number of ether oxygens (including phenoxy) is 8. The largest absolute Gasteiger partial charge is 0.394 e. The Kier molecular flexibility index (Phi) is 13.7. The summed E-state index contributed by atoms with van der Waals surface area (Å²) in [7, 11) is 0. The predicted octanol–water partition coefficient (Wildman–Crippen LogP) is -1.76. The molecule has 64 heavy (non-hydrogen) atoms. The summed E-state index contributed by atoms with van der Waals surface area (Å²) in [6.45, 7) is 7.85. The Labute approximate surface area is 373 Å². The molecule has 0 bridgehead atoms. The fourth-order valence-electron chi connectivity index (χ4n) is 14.7. The topological polar surface area (TPSA) is 296 Å². The van der Waals surface area contributed by atoms with Gasteiger partial charge in [0.15, 0.2) is 24.7 Å². The van der Waals surface area contributed by atoms with Crippen LogP contribution in [0.15, 0.2) is 0 Å². The molecule has 0 radical (unpaired) electrons. The lowest BCUT2D eigenvalue weighted by atomic mass is 9.44. The van der Waals surface area contributed by atoms with Crippen LogP contribution in [0.3, 0.4) is 0 Å². The van der Waals surface area contributed by atoms with Crippen molar-refractivity contribution in [3.63, 3.8) is 0 Å². The normalized spacial score (nSPS) is 58.6. The Balaban J connectivity index is 0.848. The Morgan fingerprint density at radius 2 is 1.19 bits per heavy atom. The maximum atomic E-state index is 11.8. The second-order valence-electron chi connectivity index (χ2n) is 21.7. The molecule has 9 fully saturated rings. The Hall–Kier alpha value is -0.760. The van der Waals surface area contributed by atoms with Gasteiger partial charge >= 0.3 is 0 Å². The molecule has 0 aromatic carbocycles. The van der Waals surface area contributed by atoms with Gasteiger partial charge in [-0.25, -0.2) is 0 Å². The average Bonchev–Trinajstić information content (AvgIpc) is 3.72. The third-order valence-electron chi connectivity index (χ3n) is 18.3. The van der Waals surface area contributed by atoms with Crippen molar-refractivity contribution in [2.75, 3.05) is 26.4 Å². The van der Waals surface area contributed by atoms with Crippen molar-refractivity contribution in [3.8, 4) is 0 Å². The first-order valence-corrected chi connectivity index (χ1v) is 23.9. The van der Waals surface area contributed by atoms with Crippen molar-refractivity contribution in [1.82, 2.24) is 0 Å². The summed E-state index contributed by atoms with van der Waals surface area (Å²) in [5.41, 5.74) is 0.0147. The van der Waals surface area contributed by atoms with E-state index in [4.69, 9.17) is 37.9 Å². The van der Waals surface area contributed by atoms with Crippen LogP contribution >= 0.6 is 0 Å². The van der Waals surface area contributed by atoms with Crippen LogP contribution in [0.2, 0.25) is 0 Å². The highest BCUT2D eigenvalue weighted by molar-refractivity contribution is 5.16. The van der Waals surface area contributed by atoms with Gasteiger partial charge in [0.05, 0.1) is 44.7 Å². The van der Waals surface area contributed by atoms with Gasteiger partial charge in [-0.15, -0.1) is 0 Å². The molecule has 4 saturated carbocycles. The molecule has 19 nitrogen and oxygen atoms in total. The Bertz CT molecular complexity index is 1600. The van der Waals surface area contributed by atoms with Gasteiger partial charge in [0, 0.05) is 12.3 Å². The van der Waals surface area contributed by atoms with Crippen LogP contribution in [0, 0.1) is 52.3 Å². The first-order valence-electron chi connectivity index (χ1n) is 23.9. The van der Waals surface area contributed by atoms with Crippen LogP contribution < -0.4 is 0 Å². The second kappa shape index (κ2) is 18.2. The molecule has 0 aromatic rings. The molecule has 1 spiro atoms. The third kappa shape index (κ3) is 7.85. The van der Waals surface area contributed by atoms with Gasteiger partial charge < -0.3 is 94.1 Å². The standard InChI is InChI=1S/C45H74O19/c1-18-7-10-45(57-17-18)19(2)30-26(64-45)12-23-21-6-5-20-11-25(24(49)13-44(20,4)22(21)8-9-43(23,30)3)58-40-37(56)35(54)38(29(16-48)61-40)62-42-39(34(53)32(51)28(15-47)60-42)63-41-36(55)33(52)31(50)27(14-46)59-41/h18-42,46-56H,5-17H2,1-4H3/t18?,19-,20+,21+,22-,23-,24-,25+,26-,27+,28+,29+,30-,31+,32+,33-,34-,35+,36+,37+,38-,39+,40+,41-,42-,43-,44-,45+/m0/s1. The summed E-state index contributed by atoms with van der Waals surface area (Å²) in [6.07, 6.45) is -18.5. The van der Waals surface area contributed by atoms with Gasteiger partial charge in [-0.3, -0.25) is 0 Å². The van der Waals surface area contributed by atoms with E-state index in [-0.39, 0.29) is 22.9 Å². The van der Waals surface area contributed by atoms with E-state index in [0.29, 0.717) is 48.3 Å². The van der Waals surface area contributed by atoms with Crippen LogP contribution in [0.1, 0.15) is 85.5 Å². The molecule has 9 aliphatic rings. The van der Waals surface area contributed by atoms with Crippen molar-refractivity contribution < 1.29 is 94.1 Å². The van der Waals surface area contributed by atoms with E-state index < -0.39 is 130 Å². The molecule has 4 aliphatic carbocycles. The van der Waals surface area contributed by atoms with Gasteiger partial charge in [-0.1, -0.05) is 27.7 Å². The number of rotatable bonds is 9. The molecular formula is C45H74O19. The smallest absolute Gasteiger partial charge is 0.187 e. The molecule has 28 atom stereocenters. The third-order valence-corrected chi connectivity index (χ3v) is 18.3. The minimum Gasteiger partial charge on any atom is -0.394 e. The van der Waals surface area contributed by atoms with Gasteiger partial charge in [-0.05, 0) is 97.7 Å². The molecule has 11 N–H and O–H groups in total. The van der Waals surface area contributed by atoms with E-state index in [2.05, 4.69) is 27.7 Å².